The minimum absolute atomic E-state index is 0.621. The van der Waals surface area contributed by atoms with Crippen molar-refractivity contribution >= 4 is 32.9 Å². The highest BCUT2D eigenvalue weighted by atomic mass is 32.1. The molecule has 1 saturated heterocycles. The molecule has 6 nitrogen and oxygen atoms in total. The zero-order chi connectivity index (χ0) is 21.1. The van der Waals surface area contributed by atoms with Crippen LogP contribution in [0.1, 0.15) is 34.8 Å². The van der Waals surface area contributed by atoms with Crippen LogP contribution in [0.3, 0.4) is 0 Å². The summed E-state index contributed by atoms with van der Waals surface area (Å²) >= 11 is 1.46. The van der Waals surface area contributed by atoms with E-state index in [0.717, 1.165) is 59.8 Å². The van der Waals surface area contributed by atoms with E-state index in [9.17, 15) is 5.11 Å². The van der Waals surface area contributed by atoms with Crippen LogP contribution >= 0.6 is 11.3 Å². The van der Waals surface area contributed by atoms with Crippen molar-refractivity contribution in [1.29, 1.82) is 0 Å². The number of nitrogens with zero attached hydrogens (tertiary/aromatic N) is 2. The van der Waals surface area contributed by atoms with E-state index in [0.29, 0.717) is 12.2 Å². The SMILES string of the molecule is CCc1cc(CCNC(O)c2sc3nc(C)ccc3c2N)ccc1N1CCNCC1. The van der Waals surface area contributed by atoms with Crippen LogP contribution in [0, 0.1) is 6.92 Å². The second-order valence-electron chi connectivity index (χ2n) is 7.85. The van der Waals surface area contributed by atoms with Gasteiger partial charge in [0.2, 0.25) is 0 Å². The van der Waals surface area contributed by atoms with Gasteiger partial charge in [0, 0.05) is 49.5 Å². The lowest BCUT2D eigenvalue weighted by molar-refractivity contribution is 0.144. The lowest BCUT2D eigenvalue weighted by Gasteiger charge is -2.31. The molecule has 0 aliphatic carbocycles. The molecule has 5 N–H and O–H groups in total. The average Bonchev–Trinajstić information content (AvgIpc) is 3.09. The summed E-state index contributed by atoms with van der Waals surface area (Å²) in [5, 5.41) is 18.2. The number of aromatic nitrogens is 1. The highest BCUT2D eigenvalue weighted by Crippen LogP contribution is 2.35. The van der Waals surface area contributed by atoms with Crippen LogP contribution in [0.5, 0.6) is 0 Å². The van der Waals surface area contributed by atoms with Gasteiger partial charge in [-0.25, -0.2) is 4.98 Å². The van der Waals surface area contributed by atoms with E-state index in [4.69, 9.17) is 5.73 Å². The molecule has 3 aromatic rings. The number of thiophene rings is 1. The van der Waals surface area contributed by atoms with Gasteiger partial charge in [-0.05, 0) is 49.1 Å². The Morgan fingerprint density at radius 2 is 2.07 bits per heavy atom. The predicted molar refractivity (Wildman–Crippen MR) is 126 cm³/mol. The lowest BCUT2D eigenvalue weighted by atomic mass is 10.0. The molecule has 1 atom stereocenters. The molecular formula is C23H31N5OS. The topological polar surface area (TPSA) is 86.4 Å². The Labute approximate surface area is 182 Å². The second-order valence-corrected chi connectivity index (χ2v) is 8.88. The van der Waals surface area contributed by atoms with E-state index in [-0.39, 0.29) is 0 Å². The first-order chi connectivity index (χ1) is 14.6. The molecule has 0 bridgehead atoms. The monoisotopic (exact) mass is 425 g/mol. The number of nitrogen functional groups attached to an aromatic ring is 1. The maximum absolute atomic E-state index is 10.6. The minimum Gasteiger partial charge on any atom is -0.397 e. The van der Waals surface area contributed by atoms with Gasteiger partial charge in [0.05, 0.1) is 10.6 Å². The standard InChI is InChI=1S/C23H31N5OS/c1-3-17-14-16(5-7-19(17)28-12-10-25-11-13-28)8-9-26-22(29)21-20(24)18-6-4-15(2)27-23(18)30-21/h4-7,14,22,25-26,29H,3,8-13,24H2,1-2H3. The van der Waals surface area contributed by atoms with E-state index >= 15 is 0 Å². The van der Waals surface area contributed by atoms with Crippen molar-refractivity contribution in [2.45, 2.75) is 32.9 Å². The maximum atomic E-state index is 10.6. The van der Waals surface area contributed by atoms with Crippen molar-refractivity contribution in [2.75, 3.05) is 43.4 Å². The molecule has 1 unspecified atom stereocenters. The largest absolute Gasteiger partial charge is 0.397 e. The molecule has 1 aromatic carbocycles. The van der Waals surface area contributed by atoms with Gasteiger partial charge in [0.15, 0.2) is 0 Å². The summed E-state index contributed by atoms with van der Waals surface area (Å²) < 4.78 is 0. The molecule has 7 heteroatoms. The van der Waals surface area contributed by atoms with Crippen molar-refractivity contribution in [3.05, 3.63) is 52.0 Å². The molecule has 1 aliphatic rings. The molecule has 0 amide bonds. The summed E-state index contributed by atoms with van der Waals surface area (Å²) in [6, 6.07) is 10.7. The summed E-state index contributed by atoms with van der Waals surface area (Å²) in [6.07, 6.45) is 1.09. The van der Waals surface area contributed by atoms with Gasteiger partial charge < -0.3 is 21.1 Å². The van der Waals surface area contributed by atoms with Crippen molar-refractivity contribution in [2.24, 2.45) is 0 Å². The van der Waals surface area contributed by atoms with Gasteiger partial charge in [0.25, 0.3) is 0 Å². The van der Waals surface area contributed by atoms with E-state index in [1.165, 1.54) is 28.2 Å². The molecule has 1 fully saturated rings. The normalized spacial score (nSPS) is 15.6. The van der Waals surface area contributed by atoms with Crippen LogP contribution in [0.25, 0.3) is 10.2 Å². The van der Waals surface area contributed by atoms with E-state index in [1.807, 2.05) is 19.1 Å². The number of anilines is 2. The zero-order valence-corrected chi connectivity index (χ0v) is 18.6. The smallest absolute Gasteiger partial charge is 0.142 e. The van der Waals surface area contributed by atoms with Crippen LogP contribution in [-0.4, -0.2) is 42.8 Å². The number of aryl methyl sites for hydroxylation is 2. The Balaban J connectivity index is 1.39. The molecule has 2 aromatic heterocycles. The molecule has 1 aliphatic heterocycles. The number of hydrogen-bond acceptors (Lipinski definition) is 7. The third kappa shape index (κ3) is 4.44. The Bertz CT molecular complexity index is 1010. The van der Waals surface area contributed by atoms with E-state index in [2.05, 4.69) is 45.6 Å². The first-order valence-electron chi connectivity index (χ1n) is 10.7. The first kappa shape index (κ1) is 21.1. The Morgan fingerprint density at radius 1 is 1.27 bits per heavy atom. The van der Waals surface area contributed by atoms with Gasteiger partial charge in [-0.3, -0.25) is 5.32 Å². The van der Waals surface area contributed by atoms with Crippen LogP contribution in [0.15, 0.2) is 30.3 Å². The fraction of sp³-hybridized carbons (Fsp3) is 0.435. The van der Waals surface area contributed by atoms with Gasteiger partial charge in [-0.2, -0.15) is 0 Å². The third-order valence-corrected chi connectivity index (χ3v) is 6.91. The summed E-state index contributed by atoms with van der Waals surface area (Å²) in [7, 11) is 0. The molecular weight excluding hydrogens is 394 g/mol. The third-order valence-electron chi connectivity index (χ3n) is 5.74. The van der Waals surface area contributed by atoms with Crippen molar-refractivity contribution < 1.29 is 5.11 Å². The maximum Gasteiger partial charge on any atom is 0.142 e. The van der Waals surface area contributed by atoms with Gasteiger partial charge >= 0.3 is 0 Å². The molecule has 3 heterocycles. The molecule has 0 radical (unpaired) electrons. The number of piperazine rings is 1. The molecule has 4 rings (SSSR count). The predicted octanol–water partition coefficient (Wildman–Crippen LogP) is 2.98. The fourth-order valence-electron chi connectivity index (χ4n) is 4.05. The highest BCUT2D eigenvalue weighted by molar-refractivity contribution is 7.19. The van der Waals surface area contributed by atoms with Crippen LogP contribution in [-0.2, 0) is 12.8 Å². The summed E-state index contributed by atoms with van der Waals surface area (Å²) in [5.41, 5.74) is 11.9. The number of pyridine rings is 1. The second kappa shape index (κ2) is 9.31. The number of nitrogens with one attached hydrogen (secondary N) is 2. The van der Waals surface area contributed by atoms with E-state index < -0.39 is 6.23 Å². The lowest BCUT2D eigenvalue weighted by Crippen LogP contribution is -2.43. The van der Waals surface area contributed by atoms with Crippen molar-refractivity contribution in [3.63, 3.8) is 0 Å². The Kier molecular flexibility index (Phi) is 6.53. The quantitative estimate of drug-likeness (QED) is 0.436. The highest BCUT2D eigenvalue weighted by Gasteiger charge is 2.18. The first-order valence-corrected chi connectivity index (χ1v) is 11.5. The van der Waals surface area contributed by atoms with Crippen LogP contribution in [0.4, 0.5) is 11.4 Å². The summed E-state index contributed by atoms with van der Waals surface area (Å²) in [4.78, 5) is 8.61. The van der Waals surface area contributed by atoms with Gasteiger partial charge in [-0.15, -0.1) is 11.3 Å². The Morgan fingerprint density at radius 3 is 2.83 bits per heavy atom. The van der Waals surface area contributed by atoms with Crippen LogP contribution in [0.2, 0.25) is 0 Å². The summed E-state index contributed by atoms with van der Waals surface area (Å²) in [5.74, 6) is 0. The fourth-order valence-corrected chi connectivity index (χ4v) is 5.15. The van der Waals surface area contributed by atoms with Crippen molar-refractivity contribution in [1.82, 2.24) is 15.6 Å². The number of rotatable bonds is 7. The summed E-state index contributed by atoms with van der Waals surface area (Å²) in [6.45, 7) is 9.06. The van der Waals surface area contributed by atoms with Gasteiger partial charge in [-0.1, -0.05) is 19.1 Å². The number of aliphatic hydroxyl groups is 1. The number of benzene rings is 1. The molecule has 0 spiro atoms. The number of nitrogens with two attached hydrogens (primary N) is 1. The molecule has 30 heavy (non-hydrogen) atoms. The Hall–Kier alpha value is -2.19. The molecule has 160 valence electrons. The van der Waals surface area contributed by atoms with Crippen molar-refractivity contribution in [3.8, 4) is 0 Å². The van der Waals surface area contributed by atoms with Crippen LogP contribution < -0.4 is 21.3 Å². The zero-order valence-electron chi connectivity index (χ0n) is 17.7. The number of aliphatic hydroxyl groups excluding tert-OH is 1. The molecule has 0 saturated carbocycles. The van der Waals surface area contributed by atoms with Gasteiger partial charge in [0.1, 0.15) is 11.1 Å². The average molecular weight is 426 g/mol. The number of hydrogen-bond donors (Lipinski definition) is 4. The number of fused-ring (bicyclic) bond motifs is 1. The van der Waals surface area contributed by atoms with E-state index in [1.54, 1.807) is 0 Å². The minimum atomic E-state index is -0.782.